The molecule has 1 aliphatic rings. The van der Waals surface area contributed by atoms with Gasteiger partial charge in [0.15, 0.2) is 0 Å². The van der Waals surface area contributed by atoms with Crippen molar-refractivity contribution in [3.05, 3.63) is 23.9 Å². The summed E-state index contributed by atoms with van der Waals surface area (Å²) in [4.78, 5) is 16.7. The highest BCUT2D eigenvalue weighted by Crippen LogP contribution is 2.15. The zero-order chi connectivity index (χ0) is 14.5. The third-order valence-corrected chi connectivity index (χ3v) is 3.62. The molecule has 110 valence electrons. The van der Waals surface area contributed by atoms with Crippen LogP contribution in [0.15, 0.2) is 18.3 Å². The topological polar surface area (TPSA) is 66.0 Å². The fraction of sp³-hybridized carbons (Fsp3) is 0.600. The van der Waals surface area contributed by atoms with Crippen molar-refractivity contribution < 1.29 is 4.79 Å². The van der Waals surface area contributed by atoms with Crippen molar-refractivity contribution in [3.8, 4) is 0 Å². The number of hydrogen-bond acceptors (Lipinski definition) is 4. The van der Waals surface area contributed by atoms with Gasteiger partial charge in [-0.25, -0.2) is 4.98 Å². The highest BCUT2D eigenvalue weighted by molar-refractivity contribution is 5.98. The molecule has 2 unspecified atom stereocenters. The Morgan fingerprint density at radius 2 is 2.30 bits per heavy atom. The fourth-order valence-corrected chi connectivity index (χ4v) is 2.41. The van der Waals surface area contributed by atoms with Gasteiger partial charge in [-0.2, -0.15) is 0 Å². The minimum absolute atomic E-state index is 0.0539. The summed E-state index contributed by atoms with van der Waals surface area (Å²) in [6.45, 7) is 8.11. The molecule has 2 heterocycles. The zero-order valence-corrected chi connectivity index (χ0v) is 12.4. The van der Waals surface area contributed by atoms with Crippen molar-refractivity contribution in [2.45, 2.75) is 39.3 Å². The quantitative estimate of drug-likeness (QED) is 0.782. The zero-order valence-electron chi connectivity index (χ0n) is 12.4. The molecule has 0 saturated carbocycles. The first kappa shape index (κ1) is 14.8. The maximum atomic E-state index is 12.4. The van der Waals surface area contributed by atoms with Crippen LogP contribution < -0.4 is 16.0 Å². The van der Waals surface area contributed by atoms with Gasteiger partial charge in [-0.05, 0) is 44.9 Å². The Hall–Kier alpha value is -1.62. The Morgan fingerprint density at radius 1 is 1.50 bits per heavy atom. The van der Waals surface area contributed by atoms with Crippen molar-refractivity contribution in [2.24, 2.45) is 5.92 Å². The van der Waals surface area contributed by atoms with Crippen LogP contribution in [-0.2, 0) is 0 Å². The van der Waals surface area contributed by atoms with Gasteiger partial charge in [0.05, 0.1) is 5.56 Å². The molecular weight excluding hydrogens is 252 g/mol. The van der Waals surface area contributed by atoms with E-state index >= 15 is 0 Å². The number of piperidine rings is 1. The van der Waals surface area contributed by atoms with Crippen molar-refractivity contribution in [2.75, 3.05) is 18.4 Å². The van der Waals surface area contributed by atoms with Gasteiger partial charge in [0.2, 0.25) is 0 Å². The smallest absolute Gasteiger partial charge is 0.255 e. The number of carbonyl (C=O) groups excluding carboxylic acids is 1. The third-order valence-electron chi connectivity index (χ3n) is 3.62. The predicted octanol–water partition coefficient (Wildman–Crippen LogP) is 1.63. The molecule has 0 aliphatic carbocycles. The molecule has 1 fully saturated rings. The highest BCUT2D eigenvalue weighted by atomic mass is 16.1. The van der Waals surface area contributed by atoms with E-state index in [-0.39, 0.29) is 18.0 Å². The van der Waals surface area contributed by atoms with Crippen molar-refractivity contribution >= 4 is 11.7 Å². The van der Waals surface area contributed by atoms with Gasteiger partial charge >= 0.3 is 0 Å². The van der Waals surface area contributed by atoms with Crippen molar-refractivity contribution in [1.29, 1.82) is 0 Å². The lowest BCUT2D eigenvalue weighted by Crippen LogP contribution is -2.50. The van der Waals surface area contributed by atoms with E-state index in [1.165, 1.54) is 0 Å². The SMILES string of the molecule is CC(C)Nc1ncccc1C(=O)NC1CNCCC1C. The average molecular weight is 276 g/mol. The summed E-state index contributed by atoms with van der Waals surface area (Å²) in [5.41, 5.74) is 0.610. The Balaban J connectivity index is 2.08. The largest absolute Gasteiger partial charge is 0.367 e. The van der Waals surface area contributed by atoms with Crippen LogP contribution in [0.2, 0.25) is 0 Å². The van der Waals surface area contributed by atoms with Crippen LogP contribution >= 0.6 is 0 Å². The number of amides is 1. The van der Waals surface area contributed by atoms with Crippen molar-refractivity contribution in [3.63, 3.8) is 0 Å². The number of aromatic nitrogens is 1. The first-order chi connectivity index (χ1) is 9.58. The number of rotatable bonds is 4. The predicted molar refractivity (Wildman–Crippen MR) is 80.9 cm³/mol. The average Bonchev–Trinajstić information content (AvgIpc) is 2.41. The Bertz CT molecular complexity index is 461. The van der Waals surface area contributed by atoms with E-state index in [0.29, 0.717) is 17.3 Å². The number of pyridine rings is 1. The van der Waals surface area contributed by atoms with E-state index in [4.69, 9.17) is 0 Å². The minimum atomic E-state index is -0.0539. The van der Waals surface area contributed by atoms with Gasteiger partial charge in [0.1, 0.15) is 5.82 Å². The van der Waals surface area contributed by atoms with Gasteiger partial charge in [0.25, 0.3) is 5.91 Å². The molecule has 0 bridgehead atoms. The van der Waals surface area contributed by atoms with Gasteiger partial charge < -0.3 is 16.0 Å². The number of nitrogens with one attached hydrogen (secondary N) is 3. The van der Waals surface area contributed by atoms with E-state index in [1.807, 2.05) is 19.9 Å². The molecule has 2 rings (SSSR count). The van der Waals surface area contributed by atoms with Crippen LogP contribution in [0.3, 0.4) is 0 Å². The second kappa shape index (κ2) is 6.70. The lowest BCUT2D eigenvalue weighted by molar-refractivity contribution is 0.0915. The van der Waals surface area contributed by atoms with Crippen LogP contribution in [0, 0.1) is 5.92 Å². The van der Waals surface area contributed by atoms with Crippen LogP contribution in [0.1, 0.15) is 37.6 Å². The molecule has 2 atom stereocenters. The van der Waals surface area contributed by atoms with E-state index < -0.39 is 0 Å². The van der Waals surface area contributed by atoms with E-state index in [1.54, 1.807) is 12.3 Å². The molecule has 0 aromatic carbocycles. The van der Waals surface area contributed by atoms with Crippen molar-refractivity contribution in [1.82, 2.24) is 15.6 Å². The summed E-state index contributed by atoms with van der Waals surface area (Å²) >= 11 is 0. The number of nitrogens with zero attached hydrogens (tertiary/aromatic N) is 1. The maximum Gasteiger partial charge on any atom is 0.255 e. The van der Waals surface area contributed by atoms with Crippen LogP contribution in [0.4, 0.5) is 5.82 Å². The van der Waals surface area contributed by atoms with Crippen LogP contribution in [0.5, 0.6) is 0 Å². The molecule has 1 aromatic heterocycles. The Kier molecular flexibility index (Phi) is 4.95. The normalized spacial score (nSPS) is 22.6. The highest BCUT2D eigenvalue weighted by Gasteiger charge is 2.24. The monoisotopic (exact) mass is 276 g/mol. The third kappa shape index (κ3) is 3.70. The summed E-state index contributed by atoms with van der Waals surface area (Å²) < 4.78 is 0. The summed E-state index contributed by atoms with van der Waals surface area (Å²) in [5, 5.41) is 9.66. The van der Waals surface area contributed by atoms with E-state index in [0.717, 1.165) is 19.5 Å². The van der Waals surface area contributed by atoms with Gasteiger partial charge in [-0.1, -0.05) is 6.92 Å². The van der Waals surface area contributed by atoms with Gasteiger partial charge in [0, 0.05) is 24.8 Å². The van der Waals surface area contributed by atoms with E-state index in [9.17, 15) is 4.79 Å². The fourth-order valence-electron chi connectivity index (χ4n) is 2.41. The molecule has 1 saturated heterocycles. The van der Waals surface area contributed by atoms with Gasteiger partial charge in [-0.3, -0.25) is 4.79 Å². The standard InChI is InChI=1S/C15H24N4O/c1-10(2)18-14-12(5-4-7-17-14)15(20)19-13-9-16-8-6-11(13)3/h4-5,7,10-11,13,16H,6,8-9H2,1-3H3,(H,17,18)(H,19,20). The molecular formula is C15H24N4O. The molecule has 3 N–H and O–H groups in total. The summed E-state index contributed by atoms with van der Waals surface area (Å²) in [5.74, 6) is 1.09. The minimum Gasteiger partial charge on any atom is -0.367 e. The van der Waals surface area contributed by atoms with E-state index in [2.05, 4.69) is 27.9 Å². The number of hydrogen-bond donors (Lipinski definition) is 3. The van der Waals surface area contributed by atoms with Gasteiger partial charge in [-0.15, -0.1) is 0 Å². The Labute approximate surface area is 120 Å². The van der Waals surface area contributed by atoms with Crippen LogP contribution in [-0.4, -0.2) is 36.1 Å². The molecule has 1 aliphatic heterocycles. The molecule has 0 radical (unpaired) electrons. The summed E-state index contributed by atoms with van der Waals surface area (Å²) in [6.07, 6.45) is 2.79. The first-order valence-electron chi connectivity index (χ1n) is 7.31. The second-order valence-electron chi connectivity index (χ2n) is 5.75. The number of carbonyl (C=O) groups is 1. The molecule has 20 heavy (non-hydrogen) atoms. The first-order valence-corrected chi connectivity index (χ1v) is 7.31. The molecule has 1 amide bonds. The number of anilines is 1. The summed E-state index contributed by atoms with van der Waals surface area (Å²) in [6, 6.07) is 4.03. The summed E-state index contributed by atoms with van der Waals surface area (Å²) in [7, 11) is 0. The van der Waals surface area contributed by atoms with Crippen LogP contribution in [0.25, 0.3) is 0 Å². The molecule has 5 nitrogen and oxygen atoms in total. The molecule has 1 aromatic rings. The molecule has 5 heteroatoms. The lowest BCUT2D eigenvalue weighted by Gasteiger charge is -2.30. The lowest BCUT2D eigenvalue weighted by atomic mass is 9.94. The maximum absolute atomic E-state index is 12.4. The molecule has 0 spiro atoms. The second-order valence-corrected chi connectivity index (χ2v) is 5.75. The Morgan fingerprint density at radius 3 is 3.00 bits per heavy atom.